The fraction of sp³-hybridized carbons (Fsp3) is 0.361. The molecule has 0 bridgehead atoms. The maximum atomic E-state index is 13.9. The number of nitrogens with two attached hydrogens (primary N) is 1. The van der Waals surface area contributed by atoms with Crippen LogP contribution in [0, 0.1) is 5.41 Å². The van der Waals surface area contributed by atoms with Gasteiger partial charge < -0.3 is 21.3 Å². The van der Waals surface area contributed by atoms with Crippen LogP contribution >= 0.6 is 23.2 Å². The standard InChI is InChI=1S/C36H44Cl2N6O2S/c1-24(44-18-16-31(17-19-44)42-25(2)41-30-11-4-3-5-12-30)35(21-26-8-6-10-28(20-26)36(39)40)43-47(45,46)32-13-7-9-27(22-32)33-15-14-29(37)23-34(33)38/h6-10,13-15,20,22-23,30-31,35,41-43H,1-5,11-12,16-19,21H2,(H3,39,40)/t35-/m0/s1. The van der Waals surface area contributed by atoms with E-state index in [4.69, 9.17) is 34.3 Å². The van der Waals surface area contributed by atoms with Crippen molar-refractivity contribution in [3.63, 3.8) is 0 Å². The zero-order chi connectivity index (χ0) is 33.6. The summed E-state index contributed by atoms with van der Waals surface area (Å²) < 4.78 is 30.8. The van der Waals surface area contributed by atoms with Crippen LogP contribution in [0.3, 0.4) is 0 Å². The number of hydrogen-bond acceptors (Lipinski definition) is 6. The molecule has 6 N–H and O–H groups in total. The van der Waals surface area contributed by atoms with Gasteiger partial charge in [0, 0.05) is 52.0 Å². The Hall–Kier alpha value is -3.50. The van der Waals surface area contributed by atoms with Gasteiger partial charge >= 0.3 is 0 Å². The summed E-state index contributed by atoms with van der Waals surface area (Å²) in [4.78, 5) is 2.28. The number of piperidine rings is 1. The van der Waals surface area contributed by atoms with Crippen molar-refractivity contribution >= 4 is 39.1 Å². The van der Waals surface area contributed by atoms with E-state index in [1.54, 1.807) is 42.5 Å². The van der Waals surface area contributed by atoms with E-state index in [2.05, 4.69) is 33.4 Å². The average Bonchev–Trinajstić information content (AvgIpc) is 3.05. The van der Waals surface area contributed by atoms with Gasteiger partial charge in [-0.05, 0) is 73.6 Å². The van der Waals surface area contributed by atoms with Crippen LogP contribution in [-0.2, 0) is 16.4 Å². The molecule has 0 radical (unpaired) electrons. The molecule has 1 aliphatic heterocycles. The highest BCUT2D eigenvalue weighted by molar-refractivity contribution is 7.89. The van der Waals surface area contributed by atoms with Gasteiger partial charge in [0.2, 0.25) is 10.0 Å². The minimum atomic E-state index is -3.99. The lowest BCUT2D eigenvalue weighted by Crippen LogP contribution is -2.48. The second-order valence-corrected chi connectivity index (χ2v) is 15.1. The number of hydrogen-bond donors (Lipinski definition) is 5. The Bertz CT molecular complexity index is 1720. The summed E-state index contributed by atoms with van der Waals surface area (Å²) in [5.41, 5.74) is 9.22. The van der Waals surface area contributed by atoms with Crippen LogP contribution in [0.1, 0.15) is 56.1 Å². The highest BCUT2D eigenvalue weighted by Gasteiger charge is 2.29. The molecule has 8 nitrogen and oxygen atoms in total. The van der Waals surface area contributed by atoms with Gasteiger partial charge in [-0.2, -0.15) is 0 Å². The Morgan fingerprint density at radius 3 is 2.28 bits per heavy atom. The van der Waals surface area contributed by atoms with Crippen LogP contribution in [0.2, 0.25) is 10.0 Å². The summed E-state index contributed by atoms with van der Waals surface area (Å²) >= 11 is 12.5. The summed E-state index contributed by atoms with van der Waals surface area (Å²) in [5, 5.41) is 16.0. The molecule has 47 heavy (non-hydrogen) atoms. The van der Waals surface area contributed by atoms with Crippen molar-refractivity contribution in [2.24, 2.45) is 5.73 Å². The third-order valence-electron chi connectivity index (χ3n) is 9.03. The molecule has 0 amide bonds. The molecule has 2 aliphatic rings. The highest BCUT2D eigenvalue weighted by atomic mass is 35.5. The largest absolute Gasteiger partial charge is 0.384 e. The van der Waals surface area contributed by atoms with Crippen molar-refractivity contribution in [3.8, 4) is 11.1 Å². The zero-order valence-corrected chi connectivity index (χ0v) is 28.9. The summed E-state index contributed by atoms with van der Waals surface area (Å²) in [6.07, 6.45) is 8.28. The van der Waals surface area contributed by atoms with E-state index in [-0.39, 0.29) is 16.8 Å². The van der Waals surface area contributed by atoms with Crippen LogP contribution in [0.25, 0.3) is 11.1 Å². The van der Waals surface area contributed by atoms with E-state index in [1.807, 2.05) is 24.3 Å². The maximum absolute atomic E-state index is 13.9. The lowest BCUT2D eigenvalue weighted by molar-refractivity contribution is 0.232. The second kappa shape index (κ2) is 15.6. The van der Waals surface area contributed by atoms with Gasteiger partial charge in [-0.15, -0.1) is 0 Å². The lowest BCUT2D eigenvalue weighted by atomic mass is 9.95. The number of nitrogens with one attached hydrogen (secondary N) is 4. The van der Waals surface area contributed by atoms with Gasteiger partial charge in [0.05, 0.1) is 16.8 Å². The number of likely N-dealkylation sites (tertiary alicyclic amines) is 1. The molecule has 250 valence electrons. The van der Waals surface area contributed by atoms with Crippen molar-refractivity contribution < 1.29 is 8.42 Å². The van der Waals surface area contributed by atoms with E-state index >= 15 is 0 Å². The third kappa shape index (κ3) is 9.32. The fourth-order valence-electron chi connectivity index (χ4n) is 6.45. The van der Waals surface area contributed by atoms with E-state index < -0.39 is 16.1 Å². The first-order chi connectivity index (χ1) is 22.5. The van der Waals surface area contributed by atoms with E-state index in [0.29, 0.717) is 44.9 Å². The number of halogens is 2. The van der Waals surface area contributed by atoms with Crippen molar-refractivity contribution in [2.45, 2.75) is 74.4 Å². The van der Waals surface area contributed by atoms with Gasteiger partial charge in [0.25, 0.3) is 0 Å². The number of rotatable bonds is 13. The number of nitrogens with zero attached hydrogens (tertiary/aromatic N) is 1. The topological polar surface area (TPSA) is 123 Å². The van der Waals surface area contributed by atoms with Crippen LogP contribution in [0.4, 0.5) is 0 Å². The Balaban J connectivity index is 1.31. The molecule has 2 fully saturated rings. The third-order valence-corrected chi connectivity index (χ3v) is 11.0. The van der Waals surface area contributed by atoms with Crippen molar-refractivity contribution in [2.75, 3.05) is 13.1 Å². The number of benzene rings is 3. The summed E-state index contributed by atoms with van der Waals surface area (Å²) in [5.74, 6) is 0.835. The normalized spacial score (nSPS) is 16.8. The molecule has 0 unspecified atom stereocenters. The molecular weight excluding hydrogens is 651 g/mol. The molecule has 1 heterocycles. The molecule has 1 aliphatic carbocycles. The monoisotopic (exact) mass is 694 g/mol. The van der Waals surface area contributed by atoms with E-state index in [9.17, 15) is 8.42 Å². The Morgan fingerprint density at radius 2 is 1.60 bits per heavy atom. The van der Waals surface area contributed by atoms with Crippen LogP contribution in [0.5, 0.6) is 0 Å². The molecule has 5 rings (SSSR count). The number of nitrogen functional groups attached to an aromatic ring is 1. The summed E-state index contributed by atoms with van der Waals surface area (Å²) in [6.45, 7) is 10.1. The minimum absolute atomic E-state index is 0.0466. The van der Waals surface area contributed by atoms with Gasteiger partial charge in [-0.1, -0.05) is 92.0 Å². The molecule has 1 atom stereocenters. The number of sulfonamides is 1. The van der Waals surface area contributed by atoms with Gasteiger partial charge in [0.15, 0.2) is 0 Å². The molecule has 1 saturated carbocycles. The Morgan fingerprint density at radius 1 is 0.915 bits per heavy atom. The highest BCUT2D eigenvalue weighted by Crippen LogP contribution is 2.32. The quantitative estimate of drug-likeness (QED) is 0.0991. The predicted molar refractivity (Wildman–Crippen MR) is 193 cm³/mol. The van der Waals surface area contributed by atoms with Gasteiger partial charge in [-0.25, -0.2) is 13.1 Å². The van der Waals surface area contributed by atoms with Gasteiger partial charge in [-0.3, -0.25) is 5.41 Å². The van der Waals surface area contributed by atoms with Crippen LogP contribution in [0.15, 0.2) is 96.3 Å². The van der Waals surface area contributed by atoms with Crippen molar-refractivity contribution in [3.05, 3.63) is 113 Å². The molecule has 1 saturated heterocycles. The SMILES string of the molecule is C=C(NC1CCCCC1)NC1CCN(C(=C)[C@H](Cc2cccc(C(=N)N)c2)NS(=O)(=O)c2cccc(-c3ccc(Cl)cc3Cl)c2)CC1. The van der Waals surface area contributed by atoms with Crippen molar-refractivity contribution in [1.82, 2.24) is 20.3 Å². The minimum Gasteiger partial charge on any atom is -0.384 e. The first-order valence-electron chi connectivity index (χ1n) is 16.2. The Kier molecular flexibility index (Phi) is 11.6. The predicted octanol–water partition coefficient (Wildman–Crippen LogP) is 6.80. The smallest absolute Gasteiger partial charge is 0.241 e. The van der Waals surface area contributed by atoms with E-state index in [0.717, 1.165) is 37.3 Å². The second-order valence-electron chi connectivity index (χ2n) is 12.5. The molecular formula is C36H44Cl2N6O2S. The Labute approximate surface area is 289 Å². The molecule has 3 aromatic carbocycles. The first-order valence-corrected chi connectivity index (χ1v) is 18.4. The maximum Gasteiger partial charge on any atom is 0.241 e. The van der Waals surface area contributed by atoms with Crippen LogP contribution in [-0.4, -0.2) is 50.4 Å². The summed E-state index contributed by atoms with van der Waals surface area (Å²) in [7, 11) is -3.99. The first kappa shape index (κ1) is 34.8. The average molecular weight is 696 g/mol. The molecule has 0 aromatic heterocycles. The fourth-order valence-corrected chi connectivity index (χ4v) is 8.24. The van der Waals surface area contributed by atoms with Gasteiger partial charge in [0.1, 0.15) is 5.84 Å². The molecule has 0 spiro atoms. The molecule has 11 heteroatoms. The lowest BCUT2D eigenvalue weighted by Gasteiger charge is -2.38. The molecule has 3 aromatic rings. The zero-order valence-electron chi connectivity index (χ0n) is 26.6. The van der Waals surface area contributed by atoms with E-state index in [1.165, 1.54) is 32.1 Å². The van der Waals surface area contributed by atoms with Crippen LogP contribution < -0.4 is 21.1 Å². The summed E-state index contributed by atoms with van der Waals surface area (Å²) in [6, 6.07) is 19.3. The van der Waals surface area contributed by atoms with Crippen molar-refractivity contribution in [1.29, 1.82) is 5.41 Å². The number of amidine groups is 1.